The van der Waals surface area contributed by atoms with E-state index in [0.717, 1.165) is 0 Å². The van der Waals surface area contributed by atoms with Crippen LogP contribution in [0.2, 0.25) is 0 Å². The quantitative estimate of drug-likeness (QED) is 0.466. The highest BCUT2D eigenvalue weighted by atomic mass is 32.2. The molecule has 7 heavy (non-hydrogen) atoms. The molecule has 0 N–H and O–H groups in total. The summed E-state index contributed by atoms with van der Waals surface area (Å²) >= 11 is 2.03. The second-order valence-electron chi connectivity index (χ2n) is 1.97. The average Bonchev–Trinajstić information content (AvgIpc) is 1.69. The summed E-state index contributed by atoms with van der Waals surface area (Å²) < 4.78 is 0. The van der Waals surface area contributed by atoms with E-state index in [1.54, 1.807) is 0 Å². The molecule has 0 unspecified atom stereocenters. The second-order valence-corrected chi connectivity index (χ2v) is 3.05. The Balaban J connectivity index is 2.12. The minimum absolute atomic E-state index is 1.24. The molecule has 0 aromatic carbocycles. The number of thioether (sulfide) groups is 1. The van der Waals surface area contributed by atoms with Gasteiger partial charge in [0.2, 0.25) is 0 Å². The first kappa shape index (κ1) is 5.45. The molecule has 0 spiro atoms. The monoisotopic (exact) mass is 117 g/mol. The lowest BCUT2D eigenvalue weighted by atomic mass is 10.4. The predicted molar refractivity (Wildman–Crippen MR) is 34.6 cm³/mol. The molecule has 1 fully saturated rings. The van der Waals surface area contributed by atoms with Crippen molar-refractivity contribution < 1.29 is 0 Å². The van der Waals surface area contributed by atoms with E-state index >= 15 is 0 Å². The van der Waals surface area contributed by atoms with Gasteiger partial charge in [-0.25, -0.2) is 0 Å². The van der Waals surface area contributed by atoms with Crippen molar-refractivity contribution >= 4 is 11.8 Å². The first-order valence-electron chi connectivity index (χ1n) is 2.66. The van der Waals surface area contributed by atoms with Gasteiger partial charge in [0.15, 0.2) is 0 Å². The van der Waals surface area contributed by atoms with Crippen LogP contribution in [-0.2, 0) is 0 Å². The van der Waals surface area contributed by atoms with Crippen LogP contribution in [0.25, 0.3) is 0 Å². The van der Waals surface area contributed by atoms with E-state index in [0.29, 0.717) is 0 Å². The summed E-state index contributed by atoms with van der Waals surface area (Å²) in [4.78, 5) is 2.36. The van der Waals surface area contributed by atoms with Crippen molar-refractivity contribution in [3.63, 3.8) is 0 Å². The predicted octanol–water partition coefficient (Wildman–Crippen LogP) is 1.01. The fourth-order valence-corrected chi connectivity index (χ4v) is 1.62. The zero-order valence-corrected chi connectivity index (χ0v) is 5.50. The van der Waals surface area contributed by atoms with Crippen LogP contribution in [0.3, 0.4) is 0 Å². The van der Waals surface area contributed by atoms with Crippen LogP contribution < -0.4 is 0 Å². The molecular weight excluding hydrogens is 106 g/mol. The molecule has 1 rings (SSSR count). The standard InChI is InChI=1S/C5H11NS/c1-6-3-2-4-7-5-6/h2-5H2,1H3. The van der Waals surface area contributed by atoms with Crippen molar-refractivity contribution in [2.24, 2.45) is 0 Å². The highest BCUT2D eigenvalue weighted by Crippen LogP contribution is 2.10. The van der Waals surface area contributed by atoms with Gasteiger partial charge in [-0.15, -0.1) is 11.8 Å². The molecule has 2 heteroatoms. The fourth-order valence-electron chi connectivity index (χ4n) is 0.721. The van der Waals surface area contributed by atoms with Crippen LogP contribution in [0.1, 0.15) is 6.42 Å². The molecule has 1 aliphatic rings. The van der Waals surface area contributed by atoms with Crippen molar-refractivity contribution in [1.82, 2.24) is 4.90 Å². The molecule has 0 saturated carbocycles. The summed E-state index contributed by atoms with van der Waals surface area (Å²) in [6.45, 7) is 1.30. The van der Waals surface area contributed by atoms with Gasteiger partial charge in [0, 0.05) is 5.88 Å². The molecule has 1 heterocycles. The first-order chi connectivity index (χ1) is 3.39. The van der Waals surface area contributed by atoms with Gasteiger partial charge >= 0.3 is 0 Å². The van der Waals surface area contributed by atoms with Gasteiger partial charge in [-0.05, 0) is 25.8 Å². The van der Waals surface area contributed by atoms with Gasteiger partial charge in [-0.3, -0.25) is 4.90 Å². The molecule has 42 valence electrons. The van der Waals surface area contributed by atoms with Gasteiger partial charge in [-0.1, -0.05) is 0 Å². The molecule has 1 nitrogen and oxygen atoms in total. The van der Waals surface area contributed by atoms with Gasteiger partial charge < -0.3 is 0 Å². The lowest BCUT2D eigenvalue weighted by Gasteiger charge is -2.20. The van der Waals surface area contributed by atoms with Crippen LogP contribution in [0, 0.1) is 0 Å². The maximum atomic E-state index is 2.36. The highest BCUT2D eigenvalue weighted by molar-refractivity contribution is 7.99. The molecule has 0 bridgehead atoms. The Morgan fingerprint density at radius 2 is 2.43 bits per heavy atom. The van der Waals surface area contributed by atoms with E-state index in [2.05, 4.69) is 11.9 Å². The average molecular weight is 117 g/mol. The van der Waals surface area contributed by atoms with Crippen molar-refractivity contribution in [3.8, 4) is 0 Å². The maximum Gasteiger partial charge on any atom is 0.0441 e. The molecule has 0 atom stereocenters. The Morgan fingerprint density at radius 3 is 2.71 bits per heavy atom. The molecule has 0 aromatic rings. The topological polar surface area (TPSA) is 3.24 Å². The minimum Gasteiger partial charge on any atom is -0.297 e. The first-order valence-corrected chi connectivity index (χ1v) is 3.81. The Bertz CT molecular complexity index is 50.0. The summed E-state index contributed by atoms with van der Waals surface area (Å²) in [5, 5.41) is 0. The maximum absolute atomic E-state index is 2.36. The van der Waals surface area contributed by atoms with Crippen LogP contribution in [0.5, 0.6) is 0 Å². The summed E-state index contributed by atoms with van der Waals surface area (Å²) in [7, 11) is 2.17. The van der Waals surface area contributed by atoms with Crippen LogP contribution >= 0.6 is 11.8 Å². The molecule has 0 amide bonds. The van der Waals surface area contributed by atoms with E-state index in [1.807, 2.05) is 11.8 Å². The lowest BCUT2D eigenvalue weighted by Crippen LogP contribution is -2.23. The van der Waals surface area contributed by atoms with Crippen molar-refractivity contribution in [3.05, 3.63) is 0 Å². The van der Waals surface area contributed by atoms with E-state index in [9.17, 15) is 0 Å². The molecule has 0 radical (unpaired) electrons. The van der Waals surface area contributed by atoms with Crippen LogP contribution in [-0.4, -0.2) is 30.1 Å². The SMILES string of the molecule is CN1CCCSC1. The molecule has 1 saturated heterocycles. The summed E-state index contributed by atoms with van der Waals surface area (Å²) in [6.07, 6.45) is 1.38. The van der Waals surface area contributed by atoms with Crippen molar-refractivity contribution in [1.29, 1.82) is 0 Å². The smallest absolute Gasteiger partial charge is 0.0441 e. The fraction of sp³-hybridized carbons (Fsp3) is 1.00. The molecule has 0 aromatic heterocycles. The van der Waals surface area contributed by atoms with Crippen molar-refractivity contribution in [2.45, 2.75) is 6.42 Å². The number of rotatable bonds is 0. The molecular formula is C5H11NS. The third-order valence-corrected chi connectivity index (χ3v) is 2.34. The van der Waals surface area contributed by atoms with Gasteiger partial charge in [-0.2, -0.15) is 0 Å². The zero-order chi connectivity index (χ0) is 5.11. The Kier molecular flexibility index (Phi) is 2.00. The van der Waals surface area contributed by atoms with Crippen molar-refractivity contribution in [2.75, 3.05) is 25.2 Å². The van der Waals surface area contributed by atoms with Crippen LogP contribution in [0.4, 0.5) is 0 Å². The number of nitrogens with zero attached hydrogens (tertiary/aromatic N) is 1. The van der Waals surface area contributed by atoms with Gasteiger partial charge in [0.05, 0.1) is 0 Å². The van der Waals surface area contributed by atoms with E-state index in [1.165, 1.54) is 24.6 Å². The summed E-state index contributed by atoms with van der Waals surface area (Å²) in [5.41, 5.74) is 0. The highest BCUT2D eigenvalue weighted by Gasteiger charge is 2.02. The van der Waals surface area contributed by atoms with Crippen LogP contribution in [0.15, 0.2) is 0 Å². The largest absolute Gasteiger partial charge is 0.297 e. The van der Waals surface area contributed by atoms with Gasteiger partial charge in [0.25, 0.3) is 0 Å². The normalized spacial score (nSPS) is 25.3. The third kappa shape index (κ3) is 1.70. The molecule has 1 aliphatic heterocycles. The van der Waals surface area contributed by atoms with Gasteiger partial charge in [0.1, 0.15) is 0 Å². The number of hydrogen-bond acceptors (Lipinski definition) is 2. The van der Waals surface area contributed by atoms with E-state index in [4.69, 9.17) is 0 Å². The lowest BCUT2D eigenvalue weighted by molar-refractivity contribution is 0.384. The Labute approximate surface area is 49.1 Å². The van der Waals surface area contributed by atoms with E-state index < -0.39 is 0 Å². The Hall–Kier alpha value is 0.310. The summed E-state index contributed by atoms with van der Waals surface area (Å²) in [6, 6.07) is 0. The third-order valence-electron chi connectivity index (χ3n) is 1.14. The summed E-state index contributed by atoms with van der Waals surface area (Å²) in [5.74, 6) is 2.60. The minimum atomic E-state index is 1.24. The second kappa shape index (κ2) is 2.58. The van der Waals surface area contributed by atoms with E-state index in [-0.39, 0.29) is 0 Å². The number of hydrogen-bond donors (Lipinski definition) is 0. The zero-order valence-electron chi connectivity index (χ0n) is 4.68. The Morgan fingerprint density at radius 1 is 1.57 bits per heavy atom. The molecule has 0 aliphatic carbocycles.